The van der Waals surface area contributed by atoms with Crippen molar-refractivity contribution in [3.05, 3.63) is 12.5 Å². The lowest BCUT2D eigenvalue weighted by molar-refractivity contribution is -0.125. The summed E-state index contributed by atoms with van der Waals surface area (Å²) in [6.07, 6.45) is 5.59. The van der Waals surface area contributed by atoms with E-state index in [0.717, 1.165) is 42.8 Å². The molecule has 0 spiro atoms. The summed E-state index contributed by atoms with van der Waals surface area (Å²) < 4.78 is 1.73. The molecule has 0 radical (unpaired) electrons. The van der Waals surface area contributed by atoms with Gasteiger partial charge in [-0.15, -0.1) is 0 Å². The second-order valence-corrected chi connectivity index (χ2v) is 5.59. The predicted octanol–water partition coefficient (Wildman–Crippen LogP) is 0.0781. The molecule has 0 aromatic carbocycles. The second kappa shape index (κ2) is 4.16. The minimum absolute atomic E-state index is 0.0808. The minimum Gasteiger partial charge on any atom is -0.354 e. The molecular weight excluding hydrogens is 256 g/mol. The summed E-state index contributed by atoms with van der Waals surface area (Å²) >= 11 is 0. The first-order valence-corrected chi connectivity index (χ1v) is 6.90. The molecule has 4 rings (SSSR count). The molecule has 3 heterocycles. The fourth-order valence-electron chi connectivity index (χ4n) is 2.57. The summed E-state index contributed by atoms with van der Waals surface area (Å²) in [6.45, 7) is 1.44. The number of carbonyl (C=O) groups is 1. The van der Waals surface area contributed by atoms with Crippen LogP contribution in [0.4, 0.5) is 5.82 Å². The zero-order chi connectivity index (χ0) is 13.7. The van der Waals surface area contributed by atoms with Crippen molar-refractivity contribution in [3.63, 3.8) is 0 Å². The zero-order valence-electron chi connectivity index (χ0n) is 11.3. The van der Waals surface area contributed by atoms with E-state index in [-0.39, 0.29) is 11.8 Å². The molecule has 0 bridgehead atoms. The SMILES string of the molecule is Cn1ncc2c(N3CC(C(=O)NC4CC4)C3)ncnc21. The molecular formula is C13H16N6O. The normalized spacial score (nSPS) is 19.1. The van der Waals surface area contributed by atoms with E-state index < -0.39 is 0 Å². The van der Waals surface area contributed by atoms with Crippen LogP contribution in [0, 0.1) is 5.92 Å². The molecule has 1 N–H and O–H groups in total. The van der Waals surface area contributed by atoms with Crippen LogP contribution in [0.25, 0.3) is 11.0 Å². The number of nitrogens with zero attached hydrogens (tertiary/aromatic N) is 5. The van der Waals surface area contributed by atoms with Crippen LogP contribution in [0.5, 0.6) is 0 Å². The number of aryl methyl sites for hydroxylation is 1. The van der Waals surface area contributed by atoms with Crippen molar-refractivity contribution in [3.8, 4) is 0 Å². The third-order valence-corrected chi connectivity index (χ3v) is 3.98. The number of hydrogen-bond donors (Lipinski definition) is 1. The monoisotopic (exact) mass is 272 g/mol. The summed E-state index contributed by atoms with van der Waals surface area (Å²) in [6, 6.07) is 0.431. The van der Waals surface area contributed by atoms with Crippen molar-refractivity contribution < 1.29 is 4.79 Å². The van der Waals surface area contributed by atoms with Crippen LogP contribution in [-0.2, 0) is 11.8 Å². The van der Waals surface area contributed by atoms with Crippen LogP contribution in [0.1, 0.15) is 12.8 Å². The van der Waals surface area contributed by atoms with Gasteiger partial charge in [-0.1, -0.05) is 0 Å². The molecule has 2 aromatic rings. The van der Waals surface area contributed by atoms with Gasteiger partial charge in [0, 0.05) is 26.2 Å². The van der Waals surface area contributed by atoms with Crippen molar-refractivity contribution in [2.45, 2.75) is 18.9 Å². The summed E-state index contributed by atoms with van der Waals surface area (Å²) in [5, 5.41) is 8.20. The maximum atomic E-state index is 11.9. The fraction of sp³-hybridized carbons (Fsp3) is 0.538. The van der Waals surface area contributed by atoms with Crippen molar-refractivity contribution in [1.82, 2.24) is 25.1 Å². The average Bonchev–Trinajstić information content (AvgIpc) is 3.11. The molecule has 2 fully saturated rings. The Morgan fingerprint density at radius 2 is 2.15 bits per heavy atom. The van der Waals surface area contributed by atoms with Crippen molar-refractivity contribution >= 4 is 22.8 Å². The smallest absolute Gasteiger partial charge is 0.226 e. The minimum atomic E-state index is 0.0808. The first-order valence-electron chi connectivity index (χ1n) is 6.90. The number of rotatable bonds is 3. The van der Waals surface area contributed by atoms with Gasteiger partial charge in [0.1, 0.15) is 12.1 Å². The number of hydrogen-bond acceptors (Lipinski definition) is 5. The van der Waals surface area contributed by atoms with Gasteiger partial charge in [0.2, 0.25) is 5.91 Å². The van der Waals surface area contributed by atoms with Crippen molar-refractivity contribution in [1.29, 1.82) is 0 Å². The molecule has 2 aliphatic rings. The van der Waals surface area contributed by atoms with E-state index in [1.54, 1.807) is 17.2 Å². The highest BCUT2D eigenvalue weighted by molar-refractivity contribution is 5.89. The molecule has 7 heteroatoms. The van der Waals surface area contributed by atoms with Gasteiger partial charge in [0.05, 0.1) is 17.5 Å². The molecule has 1 aliphatic heterocycles. The highest BCUT2D eigenvalue weighted by Gasteiger charge is 2.36. The number of amides is 1. The Kier molecular flexibility index (Phi) is 2.42. The highest BCUT2D eigenvalue weighted by Crippen LogP contribution is 2.29. The molecule has 1 amide bonds. The van der Waals surface area contributed by atoms with Gasteiger partial charge in [-0.25, -0.2) is 9.97 Å². The lowest BCUT2D eigenvalue weighted by atomic mass is 9.99. The molecule has 2 aromatic heterocycles. The summed E-state index contributed by atoms with van der Waals surface area (Å²) in [5.74, 6) is 1.14. The number of nitrogens with one attached hydrogen (secondary N) is 1. The Hall–Kier alpha value is -2.18. The van der Waals surface area contributed by atoms with Gasteiger partial charge in [-0.05, 0) is 12.8 Å². The second-order valence-electron chi connectivity index (χ2n) is 5.59. The summed E-state index contributed by atoms with van der Waals surface area (Å²) in [7, 11) is 1.86. The number of carbonyl (C=O) groups excluding carboxylic acids is 1. The van der Waals surface area contributed by atoms with E-state index in [2.05, 4.69) is 25.3 Å². The van der Waals surface area contributed by atoms with Gasteiger partial charge >= 0.3 is 0 Å². The van der Waals surface area contributed by atoms with Crippen LogP contribution in [0.2, 0.25) is 0 Å². The quantitative estimate of drug-likeness (QED) is 0.856. The van der Waals surface area contributed by atoms with E-state index in [0.29, 0.717) is 6.04 Å². The van der Waals surface area contributed by atoms with Gasteiger partial charge in [-0.2, -0.15) is 5.10 Å². The molecule has 1 aliphatic carbocycles. The first kappa shape index (κ1) is 11.6. The first-order chi connectivity index (χ1) is 9.72. The molecule has 1 saturated carbocycles. The van der Waals surface area contributed by atoms with E-state index in [9.17, 15) is 4.79 Å². The molecule has 1 saturated heterocycles. The van der Waals surface area contributed by atoms with E-state index in [4.69, 9.17) is 0 Å². The molecule has 20 heavy (non-hydrogen) atoms. The van der Waals surface area contributed by atoms with Gasteiger partial charge in [0.15, 0.2) is 5.65 Å². The van der Waals surface area contributed by atoms with E-state index in [1.807, 2.05) is 7.05 Å². The molecule has 0 unspecified atom stereocenters. The average molecular weight is 272 g/mol. The van der Waals surface area contributed by atoms with Crippen LogP contribution < -0.4 is 10.2 Å². The lowest BCUT2D eigenvalue weighted by Gasteiger charge is -2.39. The van der Waals surface area contributed by atoms with E-state index >= 15 is 0 Å². The summed E-state index contributed by atoms with van der Waals surface area (Å²) in [5.41, 5.74) is 0.820. The topological polar surface area (TPSA) is 75.9 Å². The Bertz CT molecular complexity index is 671. The standard InChI is InChI=1S/C13H16N6O/c1-18-11-10(4-16-18)12(15-7-14-11)19-5-8(6-19)13(20)17-9-2-3-9/h4,7-9H,2-3,5-6H2,1H3,(H,17,20). The Morgan fingerprint density at radius 1 is 1.35 bits per heavy atom. The Morgan fingerprint density at radius 3 is 2.90 bits per heavy atom. The van der Waals surface area contributed by atoms with Crippen LogP contribution in [-0.4, -0.2) is 44.8 Å². The highest BCUT2D eigenvalue weighted by atomic mass is 16.2. The maximum absolute atomic E-state index is 11.9. The number of anilines is 1. The van der Waals surface area contributed by atoms with Crippen LogP contribution in [0.3, 0.4) is 0 Å². The largest absolute Gasteiger partial charge is 0.354 e. The Labute approximate surface area is 116 Å². The van der Waals surface area contributed by atoms with Crippen LogP contribution in [0.15, 0.2) is 12.5 Å². The van der Waals surface area contributed by atoms with Crippen LogP contribution >= 0.6 is 0 Å². The Balaban J connectivity index is 1.50. The van der Waals surface area contributed by atoms with Crippen molar-refractivity contribution in [2.75, 3.05) is 18.0 Å². The lowest BCUT2D eigenvalue weighted by Crippen LogP contribution is -2.54. The summed E-state index contributed by atoms with van der Waals surface area (Å²) in [4.78, 5) is 22.6. The van der Waals surface area contributed by atoms with Gasteiger partial charge in [0.25, 0.3) is 0 Å². The zero-order valence-corrected chi connectivity index (χ0v) is 11.3. The third-order valence-electron chi connectivity index (χ3n) is 3.98. The fourth-order valence-corrected chi connectivity index (χ4v) is 2.57. The van der Waals surface area contributed by atoms with Crippen molar-refractivity contribution in [2.24, 2.45) is 13.0 Å². The third kappa shape index (κ3) is 1.81. The van der Waals surface area contributed by atoms with E-state index in [1.165, 1.54) is 0 Å². The molecule has 104 valence electrons. The van der Waals surface area contributed by atoms with Gasteiger partial charge < -0.3 is 10.2 Å². The number of fused-ring (bicyclic) bond motifs is 1. The van der Waals surface area contributed by atoms with Gasteiger partial charge in [-0.3, -0.25) is 9.48 Å². The number of aromatic nitrogens is 4. The molecule has 0 atom stereocenters. The predicted molar refractivity (Wildman–Crippen MR) is 73.2 cm³/mol. The molecule has 7 nitrogen and oxygen atoms in total. The maximum Gasteiger partial charge on any atom is 0.226 e.